The van der Waals surface area contributed by atoms with Gasteiger partial charge in [0.2, 0.25) is 0 Å². The number of methoxy groups -OCH3 is 1. The molecular formula is C18H24N3O4S+. The number of benzene rings is 1. The van der Waals surface area contributed by atoms with E-state index in [4.69, 9.17) is 9.47 Å². The van der Waals surface area contributed by atoms with Crippen molar-refractivity contribution in [3.63, 3.8) is 0 Å². The van der Waals surface area contributed by atoms with Crippen LogP contribution in [0.4, 0.5) is 5.69 Å². The molecule has 0 atom stereocenters. The zero-order chi connectivity index (χ0) is 18.5. The highest BCUT2D eigenvalue weighted by Crippen LogP contribution is 2.31. The van der Waals surface area contributed by atoms with Crippen LogP contribution in [0.3, 0.4) is 0 Å². The molecule has 1 aromatic carbocycles. The zero-order valence-electron chi connectivity index (χ0n) is 15.0. The number of hydrogen-bond acceptors (Lipinski definition) is 5. The zero-order valence-corrected chi connectivity index (χ0v) is 15.8. The minimum absolute atomic E-state index is 0.110. The number of amides is 1. The summed E-state index contributed by atoms with van der Waals surface area (Å²) in [5, 5.41) is 3.64. The van der Waals surface area contributed by atoms with E-state index >= 15 is 0 Å². The summed E-state index contributed by atoms with van der Waals surface area (Å²) >= 11 is 1.92. The molecule has 0 spiro atoms. The number of thioether (sulfide) groups is 1. The highest BCUT2D eigenvalue weighted by atomic mass is 32.2. The number of aromatic nitrogens is 1. The molecule has 3 N–H and O–H groups in total. The Hall–Kier alpha value is -2.19. The molecular weight excluding hydrogens is 354 g/mol. The number of aromatic amines is 1. The van der Waals surface area contributed by atoms with E-state index in [0.717, 1.165) is 35.5 Å². The molecule has 0 saturated carbocycles. The van der Waals surface area contributed by atoms with Crippen LogP contribution in [0.1, 0.15) is 17.4 Å². The first-order valence-corrected chi connectivity index (χ1v) is 9.85. The summed E-state index contributed by atoms with van der Waals surface area (Å²) in [7, 11) is 1.58. The van der Waals surface area contributed by atoms with Gasteiger partial charge in [0, 0.05) is 22.4 Å². The Balaban J connectivity index is 1.88. The molecule has 1 aliphatic heterocycles. The minimum atomic E-state index is -0.486. The van der Waals surface area contributed by atoms with Crippen LogP contribution in [0, 0.1) is 0 Å². The average molecular weight is 378 g/mol. The van der Waals surface area contributed by atoms with Crippen LogP contribution in [-0.4, -0.2) is 61.7 Å². The molecule has 7 nitrogen and oxygen atoms in total. The normalized spacial score (nSPS) is 15.0. The molecule has 0 bridgehead atoms. The molecule has 0 unspecified atom stereocenters. The van der Waals surface area contributed by atoms with Crippen molar-refractivity contribution in [1.82, 2.24) is 4.98 Å². The minimum Gasteiger partial charge on any atom is -0.497 e. The predicted molar refractivity (Wildman–Crippen MR) is 102 cm³/mol. The van der Waals surface area contributed by atoms with Crippen molar-refractivity contribution in [2.75, 3.05) is 50.2 Å². The van der Waals surface area contributed by atoms with Crippen molar-refractivity contribution in [2.24, 2.45) is 0 Å². The number of rotatable bonds is 6. The van der Waals surface area contributed by atoms with Crippen LogP contribution in [0.5, 0.6) is 5.75 Å². The molecule has 2 aromatic rings. The van der Waals surface area contributed by atoms with Crippen molar-refractivity contribution in [3.05, 3.63) is 23.9 Å². The van der Waals surface area contributed by atoms with Gasteiger partial charge in [-0.15, -0.1) is 0 Å². The topological polar surface area (TPSA) is 84.9 Å². The smallest absolute Gasteiger partial charge is 0.356 e. The predicted octanol–water partition coefficient (Wildman–Crippen LogP) is 0.923. The van der Waals surface area contributed by atoms with Gasteiger partial charge in [0.1, 0.15) is 11.4 Å². The molecule has 1 saturated heterocycles. The van der Waals surface area contributed by atoms with Gasteiger partial charge in [-0.2, -0.15) is 11.8 Å². The fourth-order valence-electron chi connectivity index (χ4n) is 3.03. The third-order valence-corrected chi connectivity index (χ3v) is 5.35. The summed E-state index contributed by atoms with van der Waals surface area (Å²) in [5.41, 5.74) is 1.45. The monoisotopic (exact) mass is 378 g/mol. The maximum atomic E-state index is 12.6. The Labute approximate surface area is 156 Å². The fraction of sp³-hybridized carbons (Fsp3) is 0.444. The van der Waals surface area contributed by atoms with Crippen LogP contribution in [0.25, 0.3) is 10.9 Å². The molecule has 1 amide bonds. The van der Waals surface area contributed by atoms with E-state index in [1.807, 2.05) is 17.8 Å². The first-order valence-electron chi connectivity index (χ1n) is 8.70. The van der Waals surface area contributed by atoms with Gasteiger partial charge in [-0.05, 0) is 25.1 Å². The first-order chi connectivity index (χ1) is 12.6. The van der Waals surface area contributed by atoms with Gasteiger partial charge in [0.05, 0.1) is 32.5 Å². The number of fused-ring (bicyclic) bond motifs is 1. The van der Waals surface area contributed by atoms with E-state index in [1.165, 1.54) is 4.90 Å². The number of ether oxygens (including phenoxy) is 2. The highest BCUT2D eigenvalue weighted by molar-refractivity contribution is 7.99. The Kier molecular flexibility index (Phi) is 6.05. The molecule has 140 valence electrons. The lowest BCUT2D eigenvalue weighted by atomic mass is 10.2. The van der Waals surface area contributed by atoms with Gasteiger partial charge in [-0.25, -0.2) is 4.79 Å². The second kappa shape index (κ2) is 8.46. The lowest BCUT2D eigenvalue weighted by Gasteiger charge is -2.22. The molecule has 8 heteroatoms. The first kappa shape index (κ1) is 18.6. The standard InChI is InChI=1S/C18H23N3O4S/c1-3-25-18(23)17-16(13-10-12(24-2)4-5-14(13)19-17)20-15(22)11-21-6-8-26-9-7-21/h4-5,10,19H,3,6-9,11H2,1-2H3,(H,20,22)/p+1. The Morgan fingerprint density at radius 2 is 2.08 bits per heavy atom. The summed E-state index contributed by atoms with van der Waals surface area (Å²) in [4.78, 5) is 29.2. The molecule has 3 rings (SSSR count). The molecule has 2 heterocycles. The van der Waals surface area contributed by atoms with Crippen LogP contribution in [0.2, 0.25) is 0 Å². The van der Waals surface area contributed by atoms with E-state index in [1.54, 1.807) is 26.2 Å². The van der Waals surface area contributed by atoms with Crippen molar-refractivity contribution in [3.8, 4) is 5.75 Å². The average Bonchev–Trinajstić information content (AvgIpc) is 3.00. The maximum absolute atomic E-state index is 12.6. The van der Waals surface area contributed by atoms with Crippen LogP contribution < -0.4 is 15.0 Å². The Bertz CT molecular complexity index is 799. The lowest BCUT2D eigenvalue weighted by molar-refractivity contribution is -0.887. The molecule has 1 fully saturated rings. The third kappa shape index (κ3) is 4.13. The van der Waals surface area contributed by atoms with Gasteiger partial charge in [-0.3, -0.25) is 4.79 Å². The largest absolute Gasteiger partial charge is 0.497 e. The second-order valence-electron chi connectivity index (χ2n) is 6.09. The van der Waals surface area contributed by atoms with Crippen molar-refractivity contribution < 1.29 is 24.0 Å². The van der Waals surface area contributed by atoms with E-state index in [0.29, 0.717) is 18.0 Å². The summed E-state index contributed by atoms with van der Waals surface area (Å²) in [5.74, 6) is 2.20. The summed E-state index contributed by atoms with van der Waals surface area (Å²) in [6.45, 7) is 4.36. The number of H-pyrrole nitrogens is 1. The fourth-order valence-corrected chi connectivity index (χ4v) is 4.10. The number of carbonyl (C=O) groups excluding carboxylic acids is 2. The van der Waals surface area contributed by atoms with Crippen molar-refractivity contribution in [1.29, 1.82) is 0 Å². The summed E-state index contributed by atoms with van der Waals surface area (Å²) < 4.78 is 10.4. The van der Waals surface area contributed by atoms with Gasteiger partial charge in [-0.1, -0.05) is 0 Å². The highest BCUT2D eigenvalue weighted by Gasteiger charge is 2.23. The van der Waals surface area contributed by atoms with E-state index in [-0.39, 0.29) is 18.2 Å². The molecule has 1 aliphatic rings. The third-order valence-electron chi connectivity index (χ3n) is 4.36. The second-order valence-corrected chi connectivity index (χ2v) is 7.32. The molecule has 0 radical (unpaired) electrons. The summed E-state index contributed by atoms with van der Waals surface area (Å²) in [6.07, 6.45) is 0. The molecule has 1 aromatic heterocycles. The van der Waals surface area contributed by atoms with Gasteiger partial charge >= 0.3 is 5.97 Å². The molecule has 0 aliphatic carbocycles. The Morgan fingerprint density at radius 1 is 1.31 bits per heavy atom. The van der Waals surface area contributed by atoms with Crippen molar-refractivity contribution in [2.45, 2.75) is 6.92 Å². The van der Waals surface area contributed by atoms with E-state index < -0.39 is 5.97 Å². The number of nitrogens with one attached hydrogen (secondary N) is 3. The summed E-state index contributed by atoms with van der Waals surface area (Å²) in [6, 6.07) is 5.42. The van der Waals surface area contributed by atoms with E-state index in [2.05, 4.69) is 10.3 Å². The number of anilines is 1. The van der Waals surface area contributed by atoms with Gasteiger partial charge < -0.3 is 24.7 Å². The quantitative estimate of drug-likeness (QED) is 0.651. The maximum Gasteiger partial charge on any atom is 0.356 e. The lowest BCUT2D eigenvalue weighted by Crippen LogP contribution is -3.14. The number of esters is 1. The van der Waals surface area contributed by atoms with Crippen LogP contribution in [0.15, 0.2) is 18.2 Å². The van der Waals surface area contributed by atoms with Crippen LogP contribution >= 0.6 is 11.8 Å². The van der Waals surface area contributed by atoms with Crippen LogP contribution in [-0.2, 0) is 9.53 Å². The van der Waals surface area contributed by atoms with E-state index in [9.17, 15) is 9.59 Å². The number of hydrogen-bond donors (Lipinski definition) is 3. The van der Waals surface area contributed by atoms with Gasteiger partial charge in [0.25, 0.3) is 5.91 Å². The number of quaternary nitrogens is 1. The van der Waals surface area contributed by atoms with Gasteiger partial charge in [0.15, 0.2) is 6.54 Å². The molecule has 26 heavy (non-hydrogen) atoms. The van der Waals surface area contributed by atoms with Crippen molar-refractivity contribution >= 4 is 40.2 Å². The Morgan fingerprint density at radius 3 is 2.77 bits per heavy atom. The number of carbonyl (C=O) groups is 2. The SMILES string of the molecule is CCOC(=O)c1[nH]c2ccc(OC)cc2c1NC(=O)C[NH+]1CCSCC1.